The molecule has 1 heterocycles. The molecule has 0 fully saturated rings. The number of hydrogen-bond donors (Lipinski definition) is 0. The van der Waals surface area contributed by atoms with Crippen LogP contribution in [0.4, 0.5) is 13.2 Å². The second-order valence-electron chi connectivity index (χ2n) is 5.91. The van der Waals surface area contributed by atoms with Crippen molar-refractivity contribution < 1.29 is 24.0 Å². The van der Waals surface area contributed by atoms with Crippen molar-refractivity contribution in [3.05, 3.63) is 65.3 Å². The average molecular weight is 406 g/mol. The van der Waals surface area contributed by atoms with Gasteiger partial charge in [0, 0.05) is 34.6 Å². The summed E-state index contributed by atoms with van der Waals surface area (Å²) in [5, 5.41) is 0.990. The van der Waals surface area contributed by atoms with Crippen LogP contribution in [0.1, 0.15) is 1.37 Å². The summed E-state index contributed by atoms with van der Waals surface area (Å²) >= 11 is 6.32. The zero-order chi connectivity index (χ0) is 20.7. The fourth-order valence-corrected chi connectivity index (χ4v) is 3.32. The van der Waals surface area contributed by atoms with Gasteiger partial charge in [0.15, 0.2) is 12.6 Å². The Labute approximate surface area is 163 Å². The molecule has 0 spiro atoms. The quantitative estimate of drug-likeness (QED) is 0.332. The fourth-order valence-electron chi connectivity index (χ4n) is 3.04. The fraction of sp³-hybridized carbons (Fsp3) is 0.100. The van der Waals surface area contributed by atoms with Crippen LogP contribution < -0.4 is 4.74 Å². The van der Waals surface area contributed by atoms with Gasteiger partial charge in [-0.2, -0.15) is 9.37 Å². The Bertz CT molecular complexity index is 1270. The van der Waals surface area contributed by atoms with E-state index in [1.54, 1.807) is 24.3 Å². The smallest absolute Gasteiger partial charge is 0.309 e. The summed E-state index contributed by atoms with van der Waals surface area (Å²) in [6, 6.07) is 8.97. The van der Waals surface area contributed by atoms with E-state index in [-0.39, 0.29) is 22.8 Å². The Kier molecular flexibility index (Phi) is 4.46. The third-order valence-corrected chi connectivity index (χ3v) is 4.49. The summed E-state index contributed by atoms with van der Waals surface area (Å²) in [5.74, 6) is -1.80. The molecule has 0 aliphatic rings. The molecule has 0 unspecified atom stereocenters. The van der Waals surface area contributed by atoms with E-state index < -0.39 is 35.0 Å². The van der Waals surface area contributed by atoms with Gasteiger partial charge in [-0.15, -0.1) is 0 Å². The highest BCUT2D eigenvalue weighted by molar-refractivity contribution is 6.36. The van der Waals surface area contributed by atoms with Crippen molar-refractivity contribution in [2.75, 3.05) is 13.9 Å². The number of rotatable bonds is 4. The molecule has 0 amide bonds. The second kappa shape index (κ2) is 7.26. The number of aromatic nitrogens is 2. The lowest BCUT2D eigenvalue weighted by Crippen LogP contribution is -2.01. The van der Waals surface area contributed by atoms with Crippen LogP contribution >= 0.6 is 11.6 Å². The molecule has 0 aliphatic heterocycles. The molecule has 4 aromatic rings. The molecule has 0 saturated heterocycles. The van der Waals surface area contributed by atoms with Crippen LogP contribution in [-0.2, 0) is 4.74 Å². The molecule has 0 N–H and O–H groups in total. The lowest BCUT2D eigenvalue weighted by atomic mass is 9.96. The van der Waals surface area contributed by atoms with Crippen molar-refractivity contribution in [2.45, 2.75) is 0 Å². The monoisotopic (exact) mass is 405 g/mol. The van der Waals surface area contributed by atoms with Crippen molar-refractivity contribution in [1.82, 2.24) is 9.97 Å². The van der Waals surface area contributed by atoms with Crippen molar-refractivity contribution in [3.63, 3.8) is 0 Å². The van der Waals surface area contributed by atoms with E-state index in [0.29, 0.717) is 16.5 Å². The average Bonchev–Trinajstić information content (AvgIpc) is 2.67. The van der Waals surface area contributed by atoms with Gasteiger partial charge in [-0.05, 0) is 29.7 Å². The van der Waals surface area contributed by atoms with E-state index in [4.69, 9.17) is 22.4 Å². The normalized spacial score (nSPS) is 11.8. The maximum atomic E-state index is 15.3. The molecule has 0 bridgehead atoms. The largest absolute Gasteiger partial charge is 0.468 e. The number of ether oxygens (including phenoxy) is 2. The number of hydrogen-bond acceptors (Lipinski definition) is 4. The molecule has 142 valence electrons. The lowest BCUT2D eigenvalue weighted by molar-refractivity contribution is 0.0512. The third-order valence-electron chi connectivity index (χ3n) is 4.18. The number of benzene rings is 3. The summed E-state index contributed by atoms with van der Waals surface area (Å²) in [7, 11) is 1.44. The Balaban J connectivity index is 2.09. The van der Waals surface area contributed by atoms with Crippen molar-refractivity contribution in [3.8, 4) is 16.9 Å². The van der Waals surface area contributed by atoms with Crippen LogP contribution in [0, 0.1) is 17.7 Å². The summed E-state index contributed by atoms with van der Waals surface area (Å²) in [4.78, 5) is 6.61. The number of nitrogens with zero attached hydrogens (tertiary/aromatic N) is 2. The van der Waals surface area contributed by atoms with Crippen molar-refractivity contribution in [2.24, 2.45) is 0 Å². The zero-order valence-electron chi connectivity index (χ0n) is 15.4. The van der Waals surface area contributed by atoms with Gasteiger partial charge in [0.05, 0.1) is 6.93 Å². The number of methoxy groups -OCH3 is 1. The Morgan fingerprint density at radius 3 is 2.75 bits per heavy atom. The van der Waals surface area contributed by atoms with Gasteiger partial charge >= 0.3 is 6.08 Å². The van der Waals surface area contributed by atoms with Gasteiger partial charge in [-0.3, -0.25) is 0 Å². The van der Waals surface area contributed by atoms with Gasteiger partial charge in [0.25, 0.3) is 0 Å². The van der Waals surface area contributed by atoms with Crippen LogP contribution in [0.5, 0.6) is 5.75 Å². The van der Waals surface area contributed by atoms with Crippen LogP contribution in [0.2, 0.25) is 5.02 Å². The topological polar surface area (TPSA) is 44.2 Å². The van der Waals surface area contributed by atoms with Gasteiger partial charge in [-0.1, -0.05) is 23.7 Å². The van der Waals surface area contributed by atoms with Gasteiger partial charge in [0.1, 0.15) is 17.1 Å². The molecular formula is C20H12ClF3N2O2. The first-order chi connectivity index (χ1) is 13.9. The van der Waals surface area contributed by atoms with Crippen LogP contribution in [0.15, 0.2) is 42.6 Å². The molecule has 0 atom stereocenters. The third kappa shape index (κ3) is 3.12. The summed E-state index contributed by atoms with van der Waals surface area (Å²) in [6.07, 6.45) is -1.89. The molecule has 1 aromatic heterocycles. The molecule has 8 heteroatoms. The summed E-state index contributed by atoms with van der Waals surface area (Å²) < 4.78 is 61.9. The standard InChI is InChI=1S/C20H12ClF3N2O2/c1-27-9-28-12-5-10-3-2-4-14(21)16(10)13(7-12)17-15(22)6-11-8-25-20(24)26-19(11)18(17)23/h2-8H,9H2,1H3/i8D. The van der Waals surface area contributed by atoms with Gasteiger partial charge in [0.2, 0.25) is 0 Å². The Hall–Kier alpha value is -2.90. The molecule has 3 aromatic carbocycles. The van der Waals surface area contributed by atoms with Crippen molar-refractivity contribution >= 4 is 33.3 Å². The predicted molar refractivity (Wildman–Crippen MR) is 99.9 cm³/mol. The number of fused-ring (bicyclic) bond motifs is 2. The maximum Gasteiger partial charge on any atom is 0.309 e. The highest BCUT2D eigenvalue weighted by Crippen LogP contribution is 2.40. The molecule has 28 heavy (non-hydrogen) atoms. The molecular weight excluding hydrogens is 393 g/mol. The van der Waals surface area contributed by atoms with E-state index >= 15 is 8.78 Å². The summed E-state index contributed by atoms with van der Waals surface area (Å²) in [5.41, 5.74) is -0.861. The Morgan fingerprint density at radius 1 is 1.14 bits per heavy atom. The maximum absolute atomic E-state index is 15.3. The first-order valence-electron chi connectivity index (χ1n) is 8.57. The highest BCUT2D eigenvalue weighted by atomic mass is 35.5. The number of halogens is 4. The summed E-state index contributed by atoms with van der Waals surface area (Å²) in [6.45, 7) is -0.0746. The molecule has 0 saturated carbocycles. The van der Waals surface area contributed by atoms with Gasteiger partial charge in [-0.25, -0.2) is 13.8 Å². The van der Waals surface area contributed by atoms with Crippen LogP contribution in [0.3, 0.4) is 0 Å². The first-order valence-corrected chi connectivity index (χ1v) is 8.44. The zero-order valence-corrected chi connectivity index (χ0v) is 15.1. The van der Waals surface area contributed by atoms with E-state index in [0.717, 1.165) is 6.07 Å². The second-order valence-corrected chi connectivity index (χ2v) is 6.31. The van der Waals surface area contributed by atoms with Gasteiger partial charge < -0.3 is 9.47 Å². The lowest BCUT2D eigenvalue weighted by Gasteiger charge is -2.14. The van der Waals surface area contributed by atoms with E-state index in [9.17, 15) is 4.39 Å². The molecule has 0 radical (unpaired) electrons. The van der Waals surface area contributed by atoms with E-state index in [1.807, 2.05) is 0 Å². The molecule has 0 aliphatic carbocycles. The van der Waals surface area contributed by atoms with E-state index in [2.05, 4.69) is 9.97 Å². The predicted octanol–water partition coefficient (Wildman–Crippen LogP) is 5.50. The SMILES string of the molecule is [2H]c1nc(F)nc2c(F)c(-c3cc(OCOC)cc4cccc(Cl)c34)c(F)cc12. The molecule has 4 nitrogen and oxygen atoms in total. The highest BCUT2D eigenvalue weighted by Gasteiger charge is 2.21. The van der Waals surface area contributed by atoms with E-state index in [1.165, 1.54) is 13.2 Å². The van der Waals surface area contributed by atoms with Crippen LogP contribution in [0.25, 0.3) is 32.8 Å². The minimum absolute atomic E-state index is 0.0746. The minimum atomic E-state index is -1.28. The van der Waals surface area contributed by atoms with Crippen molar-refractivity contribution in [1.29, 1.82) is 0 Å². The van der Waals surface area contributed by atoms with Crippen LogP contribution in [-0.4, -0.2) is 23.9 Å². The minimum Gasteiger partial charge on any atom is -0.468 e. The molecule has 4 rings (SSSR count). The first kappa shape index (κ1) is 17.2. The Morgan fingerprint density at radius 2 is 1.96 bits per heavy atom.